The van der Waals surface area contributed by atoms with Crippen molar-refractivity contribution in [3.05, 3.63) is 28.7 Å². The number of Topliss-reactive ketones (excluding diaryl/α,β-unsaturated/α-hetero) is 1. The maximum atomic E-state index is 12.4. The smallest absolute Gasteiger partial charge is 0.309 e. The lowest BCUT2D eigenvalue weighted by Gasteiger charge is -2.36. The van der Waals surface area contributed by atoms with Crippen molar-refractivity contribution in [2.75, 3.05) is 5.32 Å². The number of anilines is 1. The van der Waals surface area contributed by atoms with Gasteiger partial charge >= 0.3 is 5.97 Å². The van der Waals surface area contributed by atoms with Crippen molar-refractivity contribution in [3.63, 3.8) is 0 Å². The number of esters is 1. The Kier molecular flexibility index (Phi) is 5.57. The van der Waals surface area contributed by atoms with Crippen molar-refractivity contribution in [1.29, 1.82) is 0 Å². The lowest BCUT2D eigenvalue weighted by atomic mass is 9.67. The molecule has 0 spiro atoms. The highest BCUT2D eigenvalue weighted by Gasteiger charge is 2.42. The minimum atomic E-state index is -0.871. The summed E-state index contributed by atoms with van der Waals surface area (Å²) in [7, 11) is 0. The third kappa shape index (κ3) is 4.29. The van der Waals surface area contributed by atoms with Gasteiger partial charge in [0.05, 0.1) is 5.92 Å². The van der Waals surface area contributed by atoms with Gasteiger partial charge in [-0.05, 0) is 50.8 Å². The van der Waals surface area contributed by atoms with E-state index in [0.29, 0.717) is 24.3 Å². The molecule has 2 bridgehead atoms. The van der Waals surface area contributed by atoms with Gasteiger partial charge in [0.2, 0.25) is 0 Å². The second kappa shape index (κ2) is 7.68. The number of ketones is 1. The summed E-state index contributed by atoms with van der Waals surface area (Å²) in [6, 6.07) is 7.22. The summed E-state index contributed by atoms with van der Waals surface area (Å²) in [6.45, 7) is 1.57. The summed E-state index contributed by atoms with van der Waals surface area (Å²) in [5.74, 6) is -0.684. The fraction of sp³-hybridized carbons (Fsp3) is 0.526. The first-order chi connectivity index (χ1) is 11.9. The molecule has 1 amide bonds. The first kappa shape index (κ1) is 18.1. The Morgan fingerprint density at radius 2 is 1.92 bits per heavy atom. The highest BCUT2D eigenvalue weighted by molar-refractivity contribution is 9.10. The van der Waals surface area contributed by atoms with E-state index in [4.69, 9.17) is 4.74 Å². The molecule has 2 aliphatic rings. The quantitative estimate of drug-likeness (QED) is 0.771. The number of ether oxygens (including phenoxy) is 1. The van der Waals surface area contributed by atoms with Crippen LogP contribution in [0.1, 0.15) is 39.0 Å². The predicted molar refractivity (Wildman–Crippen MR) is 96.9 cm³/mol. The lowest BCUT2D eigenvalue weighted by Crippen LogP contribution is -2.41. The number of hydrogen-bond acceptors (Lipinski definition) is 4. The Labute approximate surface area is 155 Å². The molecular weight excluding hydrogens is 386 g/mol. The molecule has 0 saturated heterocycles. The Hall–Kier alpha value is -1.69. The van der Waals surface area contributed by atoms with E-state index < -0.39 is 6.10 Å². The fourth-order valence-electron chi connectivity index (χ4n) is 3.81. The van der Waals surface area contributed by atoms with Crippen molar-refractivity contribution >= 4 is 39.3 Å². The standard InChI is InChI=1S/C19H22BrNO4/c1-11(18(23)21-16-7-3-6-15(20)10-16)25-19(24)14-8-12-4-2-5-13(9-14)17(12)22/h3,6-7,10-14H,2,4-5,8-9H2,1H3,(H,21,23)/t11-,12-,13+,14?/m1/s1. The van der Waals surface area contributed by atoms with Crippen LogP contribution >= 0.6 is 15.9 Å². The Morgan fingerprint density at radius 3 is 2.56 bits per heavy atom. The number of amides is 1. The van der Waals surface area contributed by atoms with Crippen LogP contribution in [-0.2, 0) is 19.1 Å². The van der Waals surface area contributed by atoms with Gasteiger partial charge in [-0.3, -0.25) is 14.4 Å². The van der Waals surface area contributed by atoms with Crippen molar-refractivity contribution < 1.29 is 19.1 Å². The van der Waals surface area contributed by atoms with E-state index in [1.54, 1.807) is 19.1 Å². The van der Waals surface area contributed by atoms with Gasteiger partial charge in [-0.2, -0.15) is 0 Å². The fourth-order valence-corrected chi connectivity index (χ4v) is 4.21. The SMILES string of the molecule is C[C@@H](OC(=O)C1C[C@H]2CCC[C@@H](C1)C2=O)C(=O)Nc1cccc(Br)c1. The van der Waals surface area contributed by atoms with Crippen LogP contribution in [0.2, 0.25) is 0 Å². The topological polar surface area (TPSA) is 72.5 Å². The molecule has 25 heavy (non-hydrogen) atoms. The van der Waals surface area contributed by atoms with E-state index in [1.165, 1.54) is 0 Å². The molecule has 2 fully saturated rings. The molecule has 4 atom stereocenters. The minimum absolute atomic E-state index is 0.00384. The zero-order valence-electron chi connectivity index (χ0n) is 14.2. The second-order valence-corrected chi connectivity index (χ2v) is 7.89. The van der Waals surface area contributed by atoms with Crippen molar-refractivity contribution in [3.8, 4) is 0 Å². The van der Waals surface area contributed by atoms with Gasteiger partial charge in [0.15, 0.2) is 6.10 Å². The van der Waals surface area contributed by atoms with Crippen LogP contribution < -0.4 is 5.32 Å². The first-order valence-corrected chi connectivity index (χ1v) is 9.54. The van der Waals surface area contributed by atoms with Crippen LogP contribution in [0.15, 0.2) is 28.7 Å². The van der Waals surface area contributed by atoms with Crippen LogP contribution in [0.3, 0.4) is 0 Å². The van der Waals surface area contributed by atoms with E-state index >= 15 is 0 Å². The largest absolute Gasteiger partial charge is 0.452 e. The number of carbonyl (C=O) groups excluding carboxylic acids is 3. The normalized spacial score (nSPS) is 26.6. The Balaban J connectivity index is 1.55. The number of halogens is 1. The van der Waals surface area contributed by atoms with Gasteiger partial charge in [-0.25, -0.2) is 0 Å². The molecule has 1 aromatic carbocycles. The van der Waals surface area contributed by atoms with Crippen LogP contribution in [0.4, 0.5) is 5.69 Å². The maximum Gasteiger partial charge on any atom is 0.309 e. The molecule has 6 heteroatoms. The molecule has 5 nitrogen and oxygen atoms in total. The summed E-state index contributed by atoms with van der Waals surface area (Å²) >= 11 is 3.35. The average Bonchev–Trinajstić information content (AvgIpc) is 2.54. The minimum Gasteiger partial charge on any atom is -0.452 e. The molecule has 2 aliphatic carbocycles. The monoisotopic (exact) mass is 407 g/mol. The molecular formula is C19H22BrNO4. The van der Waals surface area contributed by atoms with E-state index in [9.17, 15) is 14.4 Å². The Morgan fingerprint density at radius 1 is 1.24 bits per heavy atom. The number of hydrogen-bond donors (Lipinski definition) is 1. The maximum absolute atomic E-state index is 12.4. The molecule has 3 rings (SSSR count). The lowest BCUT2D eigenvalue weighted by molar-refractivity contribution is -0.161. The number of benzene rings is 1. The van der Waals surface area contributed by atoms with Crippen LogP contribution in [0.25, 0.3) is 0 Å². The number of nitrogens with one attached hydrogen (secondary N) is 1. The van der Waals surface area contributed by atoms with Crippen LogP contribution in [0, 0.1) is 17.8 Å². The van der Waals surface area contributed by atoms with E-state index in [2.05, 4.69) is 21.2 Å². The van der Waals surface area contributed by atoms with Gasteiger partial charge in [-0.15, -0.1) is 0 Å². The predicted octanol–water partition coefficient (Wildman–Crippen LogP) is 3.71. The van der Waals surface area contributed by atoms with Crippen molar-refractivity contribution in [1.82, 2.24) is 0 Å². The summed E-state index contributed by atoms with van der Waals surface area (Å²) in [5.41, 5.74) is 0.639. The van der Waals surface area contributed by atoms with Gasteiger partial charge in [0.25, 0.3) is 5.91 Å². The molecule has 0 heterocycles. The number of fused-ring (bicyclic) bond motifs is 2. The van der Waals surface area contributed by atoms with E-state index in [0.717, 1.165) is 23.7 Å². The zero-order valence-corrected chi connectivity index (χ0v) is 15.8. The molecule has 1 unspecified atom stereocenters. The molecule has 1 aromatic rings. The third-order valence-electron chi connectivity index (χ3n) is 5.14. The summed E-state index contributed by atoms with van der Waals surface area (Å²) < 4.78 is 6.24. The first-order valence-electron chi connectivity index (χ1n) is 8.74. The molecule has 134 valence electrons. The molecule has 1 N–H and O–H groups in total. The average molecular weight is 408 g/mol. The van der Waals surface area contributed by atoms with Crippen LogP contribution in [0.5, 0.6) is 0 Å². The number of carbonyl (C=O) groups is 3. The highest BCUT2D eigenvalue weighted by Crippen LogP contribution is 2.40. The van der Waals surface area contributed by atoms with E-state index in [1.807, 2.05) is 12.1 Å². The molecule has 0 radical (unpaired) electrons. The Bertz CT molecular complexity index is 674. The van der Waals surface area contributed by atoms with Gasteiger partial charge in [0.1, 0.15) is 5.78 Å². The summed E-state index contributed by atoms with van der Waals surface area (Å²) in [6.07, 6.45) is 3.07. The van der Waals surface area contributed by atoms with Crippen molar-refractivity contribution in [2.45, 2.75) is 45.1 Å². The van der Waals surface area contributed by atoms with Gasteiger partial charge in [0, 0.05) is 22.0 Å². The van der Waals surface area contributed by atoms with E-state index in [-0.39, 0.29) is 29.6 Å². The third-order valence-corrected chi connectivity index (χ3v) is 5.63. The van der Waals surface area contributed by atoms with Gasteiger partial charge in [-0.1, -0.05) is 28.4 Å². The van der Waals surface area contributed by atoms with Gasteiger partial charge < -0.3 is 10.1 Å². The summed E-state index contributed by atoms with van der Waals surface area (Å²) in [4.78, 5) is 36.8. The molecule has 2 saturated carbocycles. The van der Waals surface area contributed by atoms with Crippen LogP contribution in [-0.4, -0.2) is 23.8 Å². The second-order valence-electron chi connectivity index (χ2n) is 6.97. The summed E-state index contributed by atoms with van der Waals surface area (Å²) in [5, 5.41) is 2.74. The molecule has 0 aliphatic heterocycles. The number of rotatable bonds is 4. The van der Waals surface area contributed by atoms with Crippen molar-refractivity contribution in [2.24, 2.45) is 17.8 Å². The zero-order chi connectivity index (χ0) is 18.0. The highest BCUT2D eigenvalue weighted by atomic mass is 79.9. The molecule has 0 aromatic heterocycles.